The van der Waals surface area contributed by atoms with Gasteiger partial charge in [-0.1, -0.05) is 43.3 Å². The summed E-state index contributed by atoms with van der Waals surface area (Å²) in [6, 6.07) is 14.9. The van der Waals surface area contributed by atoms with Crippen molar-refractivity contribution in [1.29, 1.82) is 0 Å². The average molecular weight is 285 g/mol. The zero-order chi connectivity index (χ0) is 15.1. The number of hydrogen-bond donors (Lipinski definition) is 0. The number of carbonyl (C=O) groups excluding carboxylic acids is 1. The highest BCUT2D eigenvalue weighted by Crippen LogP contribution is 2.21. The van der Waals surface area contributed by atoms with Crippen molar-refractivity contribution in [3.8, 4) is 5.88 Å². The molecule has 0 aliphatic carbocycles. The van der Waals surface area contributed by atoms with E-state index in [0.29, 0.717) is 12.3 Å². The Morgan fingerprint density at radius 1 is 1.14 bits per heavy atom. The molecule has 0 aliphatic rings. The molecule has 0 saturated carbocycles. The van der Waals surface area contributed by atoms with E-state index in [2.05, 4.69) is 4.98 Å². The van der Waals surface area contributed by atoms with Gasteiger partial charge in [-0.2, -0.15) is 0 Å². The monoisotopic (exact) mass is 285 g/mol. The lowest BCUT2D eigenvalue weighted by Crippen LogP contribution is -2.42. The fourth-order valence-corrected chi connectivity index (χ4v) is 1.77. The lowest BCUT2D eigenvalue weighted by Gasteiger charge is -2.26. The fourth-order valence-electron chi connectivity index (χ4n) is 1.77. The van der Waals surface area contributed by atoms with Crippen molar-refractivity contribution in [1.82, 2.24) is 4.98 Å². The molecule has 2 rings (SSSR count). The third kappa shape index (κ3) is 4.05. The molecular formula is C17H19NO3. The molecular weight excluding hydrogens is 266 g/mol. The Balaban J connectivity index is 2.00. The van der Waals surface area contributed by atoms with Gasteiger partial charge in [0.15, 0.2) is 0 Å². The van der Waals surface area contributed by atoms with E-state index in [1.165, 1.54) is 0 Å². The molecule has 2 aromatic rings. The highest BCUT2D eigenvalue weighted by atomic mass is 16.6. The normalized spacial score (nSPS) is 13.2. The van der Waals surface area contributed by atoms with Crippen molar-refractivity contribution < 1.29 is 14.3 Å². The third-order valence-corrected chi connectivity index (χ3v) is 3.29. The van der Waals surface area contributed by atoms with Crippen LogP contribution in [0.2, 0.25) is 0 Å². The maximum atomic E-state index is 12.3. The van der Waals surface area contributed by atoms with Crippen molar-refractivity contribution >= 4 is 5.97 Å². The zero-order valence-electron chi connectivity index (χ0n) is 12.3. The SMILES string of the molecule is CCC(C)(Oc1ccccn1)C(=O)OCc1ccccc1. The molecule has 1 heterocycles. The summed E-state index contributed by atoms with van der Waals surface area (Å²) >= 11 is 0. The molecule has 0 saturated heterocycles. The Hall–Kier alpha value is -2.36. The number of rotatable bonds is 6. The van der Waals surface area contributed by atoms with Gasteiger partial charge in [-0.3, -0.25) is 0 Å². The van der Waals surface area contributed by atoms with E-state index in [-0.39, 0.29) is 12.6 Å². The molecule has 4 heteroatoms. The quantitative estimate of drug-likeness (QED) is 0.763. The molecule has 0 aliphatic heterocycles. The predicted molar refractivity (Wildman–Crippen MR) is 79.8 cm³/mol. The molecule has 0 fully saturated rings. The number of hydrogen-bond acceptors (Lipinski definition) is 4. The summed E-state index contributed by atoms with van der Waals surface area (Å²) in [5, 5.41) is 0. The summed E-state index contributed by atoms with van der Waals surface area (Å²) in [5.74, 6) is 0.0259. The topological polar surface area (TPSA) is 48.4 Å². The highest BCUT2D eigenvalue weighted by Gasteiger charge is 2.36. The minimum absolute atomic E-state index is 0.237. The van der Waals surface area contributed by atoms with Gasteiger partial charge in [0.1, 0.15) is 6.61 Å². The average Bonchev–Trinajstić information content (AvgIpc) is 2.54. The van der Waals surface area contributed by atoms with E-state index in [1.54, 1.807) is 25.3 Å². The Morgan fingerprint density at radius 3 is 2.48 bits per heavy atom. The van der Waals surface area contributed by atoms with Crippen LogP contribution in [0.25, 0.3) is 0 Å². The molecule has 0 amide bonds. The van der Waals surface area contributed by atoms with Crippen LogP contribution >= 0.6 is 0 Å². The Morgan fingerprint density at radius 2 is 1.86 bits per heavy atom. The van der Waals surface area contributed by atoms with Crippen LogP contribution in [-0.2, 0) is 16.1 Å². The Kier molecular flexibility index (Phi) is 4.93. The van der Waals surface area contributed by atoms with Crippen LogP contribution in [0.3, 0.4) is 0 Å². The summed E-state index contributed by atoms with van der Waals surface area (Å²) in [4.78, 5) is 16.4. The first-order chi connectivity index (χ1) is 10.1. The van der Waals surface area contributed by atoms with Crippen molar-refractivity contribution in [2.45, 2.75) is 32.5 Å². The number of ether oxygens (including phenoxy) is 2. The molecule has 110 valence electrons. The van der Waals surface area contributed by atoms with Crippen LogP contribution < -0.4 is 4.74 Å². The first-order valence-electron chi connectivity index (χ1n) is 6.95. The molecule has 21 heavy (non-hydrogen) atoms. The van der Waals surface area contributed by atoms with E-state index in [0.717, 1.165) is 5.56 Å². The summed E-state index contributed by atoms with van der Waals surface area (Å²) < 4.78 is 11.1. The van der Waals surface area contributed by atoms with E-state index < -0.39 is 5.60 Å². The smallest absolute Gasteiger partial charge is 0.350 e. The van der Waals surface area contributed by atoms with Crippen LogP contribution in [0.1, 0.15) is 25.8 Å². The summed E-state index contributed by atoms with van der Waals surface area (Å²) in [5.41, 5.74) is -0.0921. The second kappa shape index (κ2) is 6.88. The first-order valence-corrected chi connectivity index (χ1v) is 6.95. The van der Waals surface area contributed by atoms with E-state index in [4.69, 9.17) is 9.47 Å². The van der Waals surface area contributed by atoms with Gasteiger partial charge in [-0.15, -0.1) is 0 Å². The molecule has 1 atom stereocenters. The van der Waals surface area contributed by atoms with Crippen molar-refractivity contribution in [2.24, 2.45) is 0 Å². The standard InChI is InChI=1S/C17H19NO3/c1-3-17(2,21-15-11-7-8-12-18-15)16(19)20-13-14-9-5-4-6-10-14/h4-12H,3,13H2,1-2H3. The number of pyridine rings is 1. The van der Waals surface area contributed by atoms with Gasteiger partial charge in [-0.25, -0.2) is 9.78 Å². The maximum absolute atomic E-state index is 12.3. The zero-order valence-corrected chi connectivity index (χ0v) is 12.3. The number of aromatic nitrogens is 1. The van der Waals surface area contributed by atoms with Gasteiger partial charge in [-0.05, 0) is 25.0 Å². The van der Waals surface area contributed by atoms with Crippen LogP contribution in [0.5, 0.6) is 5.88 Å². The Labute approximate surface area is 124 Å². The first kappa shape index (κ1) is 15.0. The summed E-state index contributed by atoms with van der Waals surface area (Å²) in [6.45, 7) is 3.84. The lowest BCUT2D eigenvalue weighted by molar-refractivity contribution is -0.162. The molecule has 1 unspecified atom stereocenters. The fraction of sp³-hybridized carbons (Fsp3) is 0.294. The molecule has 4 nitrogen and oxygen atoms in total. The number of esters is 1. The van der Waals surface area contributed by atoms with Gasteiger partial charge in [0.05, 0.1) is 0 Å². The van der Waals surface area contributed by atoms with E-state index >= 15 is 0 Å². The molecule has 0 N–H and O–H groups in total. The Bertz CT molecular complexity index is 571. The van der Waals surface area contributed by atoms with Gasteiger partial charge in [0, 0.05) is 12.3 Å². The number of benzene rings is 1. The highest BCUT2D eigenvalue weighted by molar-refractivity contribution is 5.79. The van der Waals surface area contributed by atoms with Gasteiger partial charge < -0.3 is 9.47 Å². The van der Waals surface area contributed by atoms with Crippen LogP contribution in [0.15, 0.2) is 54.7 Å². The van der Waals surface area contributed by atoms with Crippen molar-refractivity contribution in [2.75, 3.05) is 0 Å². The van der Waals surface area contributed by atoms with Crippen molar-refractivity contribution in [3.63, 3.8) is 0 Å². The predicted octanol–water partition coefficient (Wildman–Crippen LogP) is 3.37. The summed E-state index contributed by atoms with van der Waals surface area (Å²) in [7, 11) is 0. The maximum Gasteiger partial charge on any atom is 0.350 e. The largest absolute Gasteiger partial charge is 0.459 e. The summed E-state index contributed by atoms with van der Waals surface area (Å²) in [6.07, 6.45) is 2.12. The van der Waals surface area contributed by atoms with Gasteiger partial charge in [0.2, 0.25) is 11.5 Å². The lowest BCUT2D eigenvalue weighted by atomic mass is 10.0. The van der Waals surface area contributed by atoms with E-state index in [9.17, 15) is 4.79 Å². The number of carbonyl (C=O) groups is 1. The van der Waals surface area contributed by atoms with Gasteiger partial charge in [0.25, 0.3) is 0 Å². The van der Waals surface area contributed by atoms with Crippen LogP contribution in [0, 0.1) is 0 Å². The minimum Gasteiger partial charge on any atom is -0.459 e. The van der Waals surface area contributed by atoms with E-state index in [1.807, 2.05) is 43.3 Å². The van der Waals surface area contributed by atoms with Crippen LogP contribution in [0.4, 0.5) is 0 Å². The van der Waals surface area contributed by atoms with Crippen LogP contribution in [-0.4, -0.2) is 16.6 Å². The minimum atomic E-state index is -1.04. The molecule has 1 aromatic carbocycles. The number of nitrogens with zero attached hydrogens (tertiary/aromatic N) is 1. The second-order valence-corrected chi connectivity index (χ2v) is 4.92. The molecule has 0 radical (unpaired) electrons. The van der Waals surface area contributed by atoms with Crippen molar-refractivity contribution in [3.05, 3.63) is 60.3 Å². The molecule has 1 aromatic heterocycles. The molecule has 0 bridgehead atoms. The van der Waals surface area contributed by atoms with Gasteiger partial charge >= 0.3 is 5.97 Å². The molecule has 0 spiro atoms. The second-order valence-electron chi connectivity index (χ2n) is 4.92. The third-order valence-electron chi connectivity index (χ3n) is 3.29.